The first-order valence-electron chi connectivity index (χ1n) is 14.7. The summed E-state index contributed by atoms with van der Waals surface area (Å²) in [6, 6.07) is 46.8. The van der Waals surface area contributed by atoms with Crippen molar-refractivity contribution in [1.29, 1.82) is 0 Å². The molecule has 0 atom stereocenters. The minimum absolute atomic E-state index is 0.670. The molecular formula is C39H22N4S. The first-order valence-corrected chi connectivity index (χ1v) is 15.5. The average Bonchev–Trinajstić information content (AvgIpc) is 3.75. The zero-order chi connectivity index (χ0) is 28.8. The topological polar surface area (TPSA) is 43.1 Å². The van der Waals surface area contributed by atoms with Crippen LogP contribution in [-0.4, -0.2) is 19.4 Å². The average molecular weight is 579 g/mol. The van der Waals surface area contributed by atoms with Gasteiger partial charge in [0.2, 0.25) is 0 Å². The van der Waals surface area contributed by atoms with Crippen LogP contribution in [0.4, 0.5) is 0 Å². The molecule has 6 aromatic carbocycles. The molecule has 44 heavy (non-hydrogen) atoms. The zero-order valence-electron chi connectivity index (χ0n) is 23.4. The summed E-state index contributed by atoms with van der Waals surface area (Å²) < 4.78 is 4.95. The molecule has 0 unspecified atom stereocenters. The predicted octanol–water partition coefficient (Wildman–Crippen LogP) is 10.4. The molecule has 0 spiro atoms. The highest BCUT2D eigenvalue weighted by atomic mass is 32.1. The first-order chi connectivity index (χ1) is 21.8. The summed E-state index contributed by atoms with van der Waals surface area (Å²) in [5.41, 5.74) is 6.71. The Labute approximate surface area is 255 Å². The first kappa shape index (κ1) is 23.9. The molecular weight excluding hydrogens is 557 g/mol. The predicted molar refractivity (Wildman–Crippen MR) is 184 cm³/mol. The molecule has 204 valence electrons. The second kappa shape index (κ2) is 8.93. The van der Waals surface area contributed by atoms with Crippen molar-refractivity contribution in [3.8, 4) is 34.2 Å². The van der Waals surface area contributed by atoms with Crippen molar-refractivity contribution in [2.24, 2.45) is 0 Å². The van der Waals surface area contributed by atoms with E-state index in [1.165, 1.54) is 58.3 Å². The highest BCUT2D eigenvalue weighted by Crippen LogP contribution is 2.49. The van der Waals surface area contributed by atoms with E-state index >= 15 is 0 Å². The lowest BCUT2D eigenvalue weighted by Gasteiger charge is -2.10. The Balaban J connectivity index is 1.36. The molecule has 0 saturated heterocycles. The van der Waals surface area contributed by atoms with E-state index in [0.717, 1.165) is 16.7 Å². The Morgan fingerprint density at radius 1 is 0.432 bits per heavy atom. The molecule has 10 aromatic rings. The summed E-state index contributed by atoms with van der Waals surface area (Å²) in [5.74, 6) is 2.02. The summed E-state index contributed by atoms with van der Waals surface area (Å²) in [4.78, 5) is 15.2. The number of hydrogen-bond donors (Lipinski definition) is 0. The standard InChI is InChI=1S/C39H22N4S/c1-3-12-23(13-4-1)37-40-38(24-14-5-2-6-15-24)42-39(41-37)27-18-11-21-31-33(27)35-32(44-31)22-28-25-16-7-9-19-29(25)43-30-20-10-8-17-26(30)34(35)36(28)43/h1-22H. The van der Waals surface area contributed by atoms with Gasteiger partial charge in [0.25, 0.3) is 0 Å². The Morgan fingerprint density at radius 3 is 1.73 bits per heavy atom. The fourth-order valence-electron chi connectivity index (χ4n) is 6.93. The minimum atomic E-state index is 0.670. The molecule has 0 fully saturated rings. The Bertz CT molecular complexity index is 2650. The quantitative estimate of drug-likeness (QED) is 0.209. The minimum Gasteiger partial charge on any atom is -0.308 e. The van der Waals surface area contributed by atoms with Gasteiger partial charge in [-0.05, 0) is 24.3 Å². The van der Waals surface area contributed by atoms with Crippen molar-refractivity contribution in [2.75, 3.05) is 0 Å². The van der Waals surface area contributed by atoms with Crippen LogP contribution >= 0.6 is 11.3 Å². The summed E-state index contributed by atoms with van der Waals surface area (Å²) in [7, 11) is 0. The van der Waals surface area contributed by atoms with E-state index in [1.54, 1.807) is 0 Å². The third-order valence-electron chi connectivity index (χ3n) is 8.77. The lowest BCUT2D eigenvalue weighted by Crippen LogP contribution is -2.00. The molecule has 0 saturated carbocycles. The van der Waals surface area contributed by atoms with E-state index in [4.69, 9.17) is 15.0 Å². The van der Waals surface area contributed by atoms with Crippen LogP contribution in [0.25, 0.3) is 92.4 Å². The third-order valence-corrected chi connectivity index (χ3v) is 9.88. The molecule has 0 aliphatic heterocycles. The van der Waals surface area contributed by atoms with E-state index in [2.05, 4.69) is 101 Å². The second-order valence-corrected chi connectivity index (χ2v) is 12.3. The van der Waals surface area contributed by atoms with Crippen molar-refractivity contribution >= 4 is 69.6 Å². The van der Waals surface area contributed by atoms with E-state index in [0.29, 0.717) is 17.5 Å². The van der Waals surface area contributed by atoms with Crippen LogP contribution in [0.1, 0.15) is 0 Å². The SMILES string of the molecule is c1ccc(-c2nc(-c3ccccc3)nc(-c3cccc4sc5cc6c7ccccc7n7c8ccccc8c(c5c34)c67)n2)cc1. The summed E-state index contributed by atoms with van der Waals surface area (Å²) in [6.45, 7) is 0. The van der Waals surface area contributed by atoms with E-state index in [9.17, 15) is 0 Å². The lowest BCUT2D eigenvalue weighted by molar-refractivity contribution is 1.08. The molecule has 4 heterocycles. The van der Waals surface area contributed by atoms with Gasteiger partial charge in [0, 0.05) is 58.4 Å². The molecule has 5 heteroatoms. The van der Waals surface area contributed by atoms with Gasteiger partial charge in [-0.2, -0.15) is 0 Å². The number of nitrogens with zero attached hydrogens (tertiary/aromatic N) is 4. The zero-order valence-corrected chi connectivity index (χ0v) is 24.2. The highest BCUT2D eigenvalue weighted by molar-refractivity contribution is 7.26. The number of para-hydroxylation sites is 2. The normalized spacial score (nSPS) is 12.1. The molecule has 4 nitrogen and oxygen atoms in total. The van der Waals surface area contributed by atoms with Gasteiger partial charge in [0.15, 0.2) is 17.5 Å². The summed E-state index contributed by atoms with van der Waals surface area (Å²) in [5, 5.41) is 7.61. The largest absolute Gasteiger partial charge is 0.308 e. The number of fused-ring (bicyclic) bond motifs is 10. The molecule has 0 bridgehead atoms. The van der Waals surface area contributed by atoms with Gasteiger partial charge in [-0.3, -0.25) is 0 Å². The number of thiophene rings is 1. The maximum absolute atomic E-state index is 5.12. The van der Waals surface area contributed by atoms with Crippen LogP contribution in [0.5, 0.6) is 0 Å². The van der Waals surface area contributed by atoms with Crippen molar-refractivity contribution in [1.82, 2.24) is 19.4 Å². The number of hydrogen-bond acceptors (Lipinski definition) is 4. The van der Waals surface area contributed by atoms with Crippen LogP contribution in [0.2, 0.25) is 0 Å². The van der Waals surface area contributed by atoms with Crippen LogP contribution in [-0.2, 0) is 0 Å². The summed E-state index contributed by atoms with van der Waals surface area (Å²) in [6.07, 6.45) is 0. The molecule has 0 aliphatic rings. The fourth-order valence-corrected chi connectivity index (χ4v) is 8.11. The number of rotatable bonds is 3. The van der Waals surface area contributed by atoms with Gasteiger partial charge in [-0.25, -0.2) is 15.0 Å². The molecule has 0 amide bonds. The van der Waals surface area contributed by atoms with Gasteiger partial charge in [0.05, 0.1) is 16.6 Å². The van der Waals surface area contributed by atoms with Crippen molar-refractivity contribution in [3.05, 3.63) is 133 Å². The molecule has 0 N–H and O–H groups in total. The molecule has 4 aromatic heterocycles. The van der Waals surface area contributed by atoms with Gasteiger partial charge >= 0.3 is 0 Å². The smallest absolute Gasteiger partial charge is 0.164 e. The third kappa shape index (κ3) is 3.24. The van der Waals surface area contributed by atoms with E-state index in [-0.39, 0.29) is 0 Å². The van der Waals surface area contributed by atoms with Crippen LogP contribution in [0.15, 0.2) is 133 Å². The van der Waals surface area contributed by atoms with Gasteiger partial charge in [-0.1, -0.05) is 109 Å². The van der Waals surface area contributed by atoms with Crippen LogP contribution < -0.4 is 0 Å². The number of benzene rings is 6. The van der Waals surface area contributed by atoms with Crippen molar-refractivity contribution in [3.63, 3.8) is 0 Å². The summed E-state index contributed by atoms with van der Waals surface area (Å²) >= 11 is 1.85. The van der Waals surface area contributed by atoms with Gasteiger partial charge < -0.3 is 4.40 Å². The Hall–Kier alpha value is -5.65. The van der Waals surface area contributed by atoms with Gasteiger partial charge in [-0.15, -0.1) is 11.3 Å². The maximum atomic E-state index is 5.12. The fraction of sp³-hybridized carbons (Fsp3) is 0. The Morgan fingerprint density at radius 2 is 1.02 bits per heavy atom. The lowest BCUT2D eigenvalue weighted by atomic mass is 9.99. The van der Waals surface area contributed by atoms with Crippen molar-refractivity contribution in [2.45, 2.75) is 0 Å². The van der Waals surface area contributed by atoms with E-state index < -0.39 is 0 Å². The van der Waals surface area contributed by atoms with Crippen LogP contribution in [0, 0.1) is 0 Å². The van der Waals surface area contributed by atoms with Gasteiger partial charge in [0.1, 0.15) is 0 Å². The second-order valence-electron chi connectivity index (χ2n) is 11.2. The van der Waals surface area contributed by atoms with Crippen LogP contribution in [0.3, 0.4) is 0 Å². The monoisotopic (exact) mass is 578 g/mol. The Kier molecular flexibility index (Phi) is 4.84. The molecule has 10 rings (SSSR count). The van der Waals surface area contributed by atoms with E-state index in [1.807, 2.05) is 47.7 Å². The molecule has 0 aliphatic carbocycles. The molecule has 0 radical (unpaired) electrons. The van der Waals surface area contributed by atoms with Crippen molar-refractivity contribution < 1.29 is 0 Å². The number of aromatic nitrogens is 4. The highest BCUT2D eigenvalue weighted by Gasteiger charge is 2.24. The maximum Gasteiger partial charge on any atom is 0.164 e.